The van der Waals surface area contributed by atoms with Gasteiger partial charge >= 0.3 is 11.8 Å². The summed E-state index contributed by atoms with van der Waals surface area (Å²) in [4.78, 5) is 43.2. The van der Waals surface area contributed by atoms with E-state index in [9.17, 15) is 14.4 Å². The third-order valence-corrected chi connectivity index (χ3v) is 5.36. The number of morpholine rings is 1. The predicted molar refractivity (Wildman–Crippen MR) is 113 cm³/mol. The molecule has 11 heteroatoms. The summed E-state index contributed by atoms with van der Waals surface area (Å²) in [5, 5.41) is 9.62. The third-order valence-electron chi connectivity index (χ3n) is 5.36. The van der Waals surface area contributed by atoms with Crippen LogP contribution in [0.2, 0.25) is 0 Å². The van der Waals surface area contributed by atoms with E-state index in [4.69, 9.17) is 9.47 Å². The summed E-state index contributed by atoms with van der Waals surface area (Å²) in [7, 11) is 0. The molecule has 0 saturated carbocycles. The molecule has 0 aliphatic carbocycles. The second-order valence-electron chi connectivity index (χ2n) is 7.70. The number of aryl methyl sites for hydroxylation is 2. The first kappa shape index (κ1) is 21.8. The average Bonchev–Trinajstić information content (AvgIpc) is 3.18. The number of hydrogen-bond acceptors (Lipinski definition) is 7. The molecule has 1 fully saturated rings. The number of nitrogens with zero attached hydrogens (tertiary/aromatic N) is 4. The van der Waals surface area contributed by atoms with E-state index >= 15 is 0 Å². The van der Waals surface area contributed by atoms with Crippen molar-refractivity contribution in [1.29, 1.82) is 0 Å². The van der Waals surface area contributed by atoms with Gasteiger partial charge in [-0.2, -0.15) is 5.10 Å². The van der Waals surface area contributed by atoms with E-state index in [2.05, 4.69) is 20.7 Å². The highest BCUT2D eigenvalue weighted by Crippen LogP contribution is 2.24. The SMILES string of the molecule is Cc1nc2n(n1)CC(NC(=O)C(=O)Nc1ccccc1OCC(=O)N1CCOCC1)CC2. The van der Waals surface area contributed by atoms with Gasteiger partial charge in [-0.25, -0.2) is 9.67 Å². The fourth-order valence-corrected chi connectivity index (χ4v) is 3.72. The number of anilines is 1. The lowest BCUT2D eigenvalue weighted by Crippen LogP contribution is -2.45. The Morgan fingerprint density at radius 3 is 2.78 bits per heavy atom. The maximum atomic E-state index is 12.5. The molecule has 170 valence electrons. The molecule has 1 unspecified atom stereocenters. The van der Waals surface area contributed by atoms with Crippen LogP contribution in [0.15, 0.2) is 24.3 Å². The van der Waals surface area contributed by atoms with Crippen LogP contribution in [-0.2, 0) is 32.1 Å². The van der Waals surface area contributed by atoms with Gasteiger partial charge in [0.05, 0.1) is 25.4 Å². The molecule has 0 bridgehead atoms. The number of carbonyl (C=O) groups is 3. The number of fused-ring (bicyclic) bond motifs is 1. The van der Waals surface area contributed by atoms with Gasteiger partial charge in [0.1, 0.15) is 17.4 Å². The van der Waals surface area contributed by atoms with Gasteiger partial charge in [-0.05, 0) is 25.5 Å². The van der Waals surface area contributed by atoms with Crippen molar-refractivity contribution in [2.24, 2.45) is 0 Å². The van der Waals surface area contributed by atoms with E-state index in [1.54, 1.807) is 33.8 Å². The van der Waals surface area contributed by atoms with Gasteiger partial charge in [0.25, 0.3) is 5.91 Å². The molecule has 4 rings (SSSR count). The summed E-state index contributed by atoms with van der Waals surface area (Å²) in [5.74, 6) is 0.182. The molecule has 2 aliphatic heterocycles. The van der Waals surface area contributed by atoms with E-state index < -0.39 is 11.8 Å². The van der Waals surface area contributed by atoms with Crippen LogP contribution in [-0.4, -0.2) is 76.3 Å². The Morgan fingerprint density at radius 2 is 1.97 bits per heavy atom. The summed E-state index contributed by atoms with van der Waals surface area (Å²) in [6.07, 6.45) is 1.36. The normalized spacial score (nSPS) is 17.9. The lowest BCUT2D eigenvalue weighted by molar-refractivity contribution is -0.137. The molecule has 1 aromatic carbocycles. The fraction of sp³-hybridized carbons (Fsp3) is 0.476. The molecular weight excluding hydrogens is 416 g/mol. The van der Waals surface area contributed by atoms with Crippen molar-refractivity contribution in [3.8, 4) is 5.75 Å². The summed E-state index contributed by atoms with van der Waals surface area (Å²) < 4.78 is 12.6. The van der Waals surface area contributed by atoms with Crippen LogP contribution >= 0.6 is 0 Å². The van der Waals surface area contributed by atoms with Gasteiger partial charge in [-0.3, -0.25) is 14.4 Å². The monoisotopic (exact) mass is 442 g/mol. The van der Waals surface area contributed by atoms with Crippen molar-refractivity contribution < 1.29 is 23.9 Å². The second-order valence-corrected chi connectivity index (χ2v) is 7.70. The predicted octanol–water partition coefficient (Wildman–Crippen LogP) is -0.106. The number of benzene rings is 1. The molecule has 11 nitrogen and oxygen atoms in total. The standard InChI is InChI=1S/C21H26N6O5/c1-14-22-18-7-6-15(12-27(18)25-14)23-20(29)21(30)24-16-4-2-3-5-17(16)32-13-19(28)26-8-10-31-11-9-26/h2-5,15H,6-13H2,1H3,(H,23,29)(H,24,30). The van der Waals surface area contributed by atoms with Gasteiger partial charge in [0, 0.05) is 25.6 Å². The molecule has 2 aromatic rings. The zero-order valence-corrected chi connectivity index (χ0v) is 17.9. The fourth-order valence-electron chi connectivity index (χ4n) is 3.72. The highest BCUT2D eigenvalue weighted by atomic mass is 16.5. The first-order valence-corrected chi connectivity index (χ1v) is 10.6. The Balaban J connectivity index is 1.31. The van der Waals surface area contributed by atoms with Crippen LogP contribution in [0.25, 0.3) is 0 Å². The Morgan fingerprint density at radius 1 is 1.19 bits per heavy atom. The van der Waals surface area contributed by atoms with E-state index in [0.717, 1.165) is 5.82 Å². The maximum absolute atomic E-state index is 12.5. The maximum Gasteiger partial charge on any atom is 0.313 e. The van der Waals surface area contributed by atoms with E-state index in [0.29, 0.717) is 63.0 Å². The van der Waals surface area contributed by atoms with Crippen LogP contribution in [0.5, 0.6) is 5.75 Å². The van der Waals surface area contributed by atoms with Gasteiger partial charge in [0.2, 0.25) is 0 Å². The number of nitrogens with one attached hydrogen (secondary N) is 2. The number of amides is 3. The Bertz CT molecular complexity index is 1000. The number of ether oxygens (including phenoxy) is 2. The minimum absolute atomic E-state index is 0.160. The van der Waals surface area contributed by atoms with Crippen molar-refractivity contribution in [3.63, 3.8) is 0 Å². The quantitative estimate of drug-likeness (QED) is 0.619. The lowest BCUT2D eigenvalue weighted by atomic mass is 10.1. The van der Waals surface area contributed by atoms with Crippen LogP contribution in [0.1, 0.15) is 18.1 Å². The number of hydrogen-bond donors (Lipinski definition) is 2. The van der Waals surface area contributed by atoms with Crippen molar-refractivity contribution in [3.05, 3.63) is 35.9 Å². The molecule has 2 N–H and O–H groups in total. The van der Waals surface area contributed by atoms with Crippen molar-refractivity contribution in [2.75, 3.05) is 38.2 Å². The van der Waals surface area contributed by atoms with Crippen LogP contribution < -0.4 is 15.4 Å². The molecule has 32 heavy (non-hydrogen) atoms. The van der Waals surface area contributed by atoms with Gasteiger partial charge < -0.3 is 25.0 Å². The Labute approximate surface area is 185 Å². The van der Waals surface area contributed by atoms with Crippen molar-refractivity contribution in [2.45, 2.75) is 32.4 Å². The van der Waals surface area contributed by atoms with Gasteiger partial charge in [-0.1, -0.05) is 12.1 Å². The summed E-state index contributed by atoms with van der Waals surface area (Å²) in [5.41, 5.74) is 0.320. The molecule has 3 heterocycles. The molecule has 0 radical (unpaired) electrons. The minimum Gasteiger partial charge on any atom is -0.482 e. The average molecular weight is 442 g/mol. The molecular formula is C21H26N6O5. The second kappa shape index (κ2) is 9.77. The molecule has 3 amide bonds. The zero-order valence-electron chi connectivity index (χ0n) is 17.9. The Hall–Kier alpha value is -3.47. The van der Waals surface area contributed by atoms with E-state index in [1.807, 2.05) is 6.92 Å². The molecule has 2 aliphatic rings. The van der Waals surface area contributed by atoms with E-state index in [-0.39, 0.29) is 18.6 Å². The van der Waals surface area contributed by atoms with Crippen molar-refractivity contribution >= 4 is 23.4 Å². The molecule has 0 spiro atoms. The summed E-state index contributed by atoms with van der Waals surface area (Å²) >= 11 is 0. The van der Waals surface area contributed by atoms with Gasteiger partial charge in [-0.15, -0.1) is 0 Å². The van der Waals surface area contributed by atoms with Crippen LogP contribution in [0.3, 0.4) is 0 Å². The lowest BCUT2D eigenvalue weighted by Gasteiger charge is -2.26. The number of rotatable bonds is 5. The first-order chi connectivity index (χ1) is 15.5. The highest BCUT2D eigenvalue weighted by molar-refractivity contribution is 6.39. The highest BCUT2D eigenvalue weighted by Gasteiger charge is 2.25. The minimum atomic E-state index is -0.805. The molecule has 1 saturated heterocycles. The summed E-state index contributed by atoms with van der Waals surface area (Å²) in [6.45, 7) is 4.19. The van der Waals surface area contributed by atoms with Gasteiger partial charge in [0.15, 0.2) is 6.61 Å². The number of carbonyl (C=O) groups excluding carboxylic acids is 3. The topological polar surface area (TPSA) is 128 Å². The zero-order chi connectivity index (χ0) is 22.5. The van der Waals surface area contributed by atoms with Crippen LogP contribution in [0, 0.1) is 6.92 Å². The smallest absolute Gasteiger partial charge is 0.313 e. The largest absolute Gasteiger partial charge is 0.482 e. The van der Waals surface area contributed by atoms with E-state index in [1.165, 1.54) is 0 Å². The third kappa shape index (κ3) is 5.22. The molecule has 1 atom stereocenters. The summed E-state index contributed by atoms with van der Waals surface area (Å²) in [6, 6.07) is 6.48. The van der Waals surface area contributed by atoms with Crippen LogP contribution in [0.4, 0.5) is 5.69 Å². The molecule has 1 aromatic heterocycles. The first-order valence-electron chi connectivity index (χ1n) is 10.6. The van der Waals surface area contributed by atoms with Crippen molar-refractivity contribution in [1.82, 2.24) is 25.0 Å². The number of para-hydroxylation sites is 2. The number of aromatic nitrogens is 3. The Kier molecular flexibility index (Phi) is 6.64.